The van der Waals surface area contributed by atoms with E-state index in [0.29, 0.717) is 5.82 Å². The van der Waals surface area contributed by atoms with E-state index in [9.17, 15) is 10.1 Å². The second-order valence-corrected chi connectivity index (χ2v) is 5.90. The van der Waals surface area contributed by atoms with Gasteiger partial charge in [0.25, 0.3) is 5.69 Å². The zero-order valence-electron chi connectivity index (χ0n) is 12.5. The highest BCUT2D eigenvalue weighted by Gasteiger charge is 2.17. The van der Waals surface area contributed by atoms with Gasteiger partial charge in [0.2, 0.25) is 0 Å². The van der Waals surface area contributed by atoms with Gasteiger partial charge in [-0.05, 0) is 29.7 Å². The highest BCUT2D eigenvalue weighted by Crippen LogP contribution is 2.25. The van der Waals surface area contributed by atoms with E-state index in [-0.39, 0.29) is 5.69 Å². The second-order valence-electron chi connectivity index (χ2n) is 5.49. The predicted molar refractivity (Wildman–Crippen MR) is 89.8 cm³/mol. The fourth-order valence-electron chi connectivity index (χ4n) is 2.75. The molecule has 0 spiro atoms. The molecule has 0 amide bonds. The molecular formula is C16H17ClN4O2. The molecule has 0 atom stereocenters. The molecule has 6 nitrogen and oxygen atoms in total. The Kier molecular flexibility index (Phi) is 4.73. The Hall–Kier alpha value is -2.18. The van der Waals surface area contributed by atoms with Crippen molar-refractivity contribution in [1.82, 2.24) is 9.88 Å². The summed E-state index contributed by atoms with van der Waals surface area (Å²) < 4.78 is 0. The van der Waals surface area contributed by atoms with Gasteiger partial charge in [-0.25, -0.2) is 4.98 Å². The summed E-state index contributed by atoms with van der Waals surface area (Å²) in [4.78, 5) is 16.5. The molecule has 2 aromatic rings. The van der Waals surface area contributed by atoms with Gasteiger partial charge in [0, 0.05) is 37.3 Å². The number of fused-ring (bicyclic) bond motifs is 1. The molecule has 7 heteroatoms. The summed E-state index contributed by atoms with van der Waals surface area (Å²) in [6.45, 7) is 3.49. The minimum Gasteiger partial charge on any atom is -0.369 e. The third-order valence-electron chi connectivity index (χ3n) is 3.98. The van der Waals surface area contributed by atoms with E-state index in [2.05, 4.69) is 21.3 Å². The molecule has 1 aliphatic rings. The molecule has 0 saturated carbocycles. The molecule has 0 fully saturated rings. The lowest BCUT2D eigenvalue weighted by atomic mass is 10.00. The van der Waals surface area contributed by atoms with Crippen molar-refractivity contribution in [2.24, 2.45) is 0 Å². The lowest BCUT2D eigenvalue weighted by molar-refractivity contribution is -0.385. The monoisotopic (exact) mass is 332 g/mol. The largest absolute Gasteiger partial charge is 0.369 e. The molecule has 23 heavy (non-hydrogen) atoms. The van der Waals surface area contributed by atoms with Gasteiger partial charge in [-0.1, -0.05) is 23.7 Å². The molecule has 0 bridgehead atoms. The van der Waals surface area contributed by atoms with Gasteiger partial charge in [-0.15, -0.1) is 0 Å². The maximum Gasteiger partial charge on any atom is 0.287 e. The first-order valence-corrected chi connectivity index (χ1v) is 7.84. The number of anilines is 1. The van der Waals surface area contributed by atoms with Gasteiger partial charge >= 0.3 is 0 Å². The lowest BCUT2D eigenvalue weighted by Gasteiger charge is -2.29. The molecule has 2 heterocycles. The first-order chi connectivity index (χ1) is 11.1. The summed E-state index contributed by atoms with van der Waals surface area (Å²) in [7, 11) is 0. The summed E-state index contributed by atoms with van der Waals surface area (Å²) in [6.07, 6.45) is 2.23. The van der Waals surface area contributed by atoms with Crippen LogP contribution < -0.4 is 5.32 Å². The highest BCUT2D eigenvalue weighted by atomic mass is 35.5. The molecule has 0 radical (unpaired) electrons. The van der Waals surface area contributed by atoms with E-state index in [0.717, 1.165) is 37.6 Å². The Labute approximate surface area is 139 Å². The van der Waals surface area contributed by atoms with Crippen LogP contribution >= 0.6 is 11.6 Å². The van der Waals surface area contributed by atoms with Gasteiger partial charge in [-0.2, -0.15) is 0 Å². The number of nitrogens with one attached hydrogen (secondary N) is 1. The SMILES string of the molecule is O=[N+]([O-])c1ccc(NCCN2CCc3c(Cl)cccc3C2)nc1. The van der Waals surface area contributed by atoms with Crippen molar-refractivity contribution in [1.29, 1.82) is 0 Å². The summed E-state index contributed by atoms with van der Waals surface area (Å²) in [5.41, 5.74) is 2.55. The maximum absolute atomic E-state index is 10.6. The van der Waals surface area contributed by atoms with Crippen molar-refractivity contribution in [3.63, 3.8) is 0 Å². The van der Waals surface area contributed by atoms with Crippen molar-refractivity contribution >= 4 is 23.1 Å². The van der Waals surface area contributed by atoms with Crippen LogP contribution in [0.1, 0.15) is 11.1 Å². The van der Waals surface area contributed by atoms with Crippen LogP contribution in [0.25, 0.3) is 0 Å². The molecule has 1 aliphatic heterocycles. The second kappa shape index (κ2) is 6.93. The summed E-state index contributed by atoms with van der Waals surface area (Å²) >= 11 is 6.22. The molecule has 1 aromatic carbocycles. The number of benzene rings is 1. The first-order valence-electron chi connectivity index (χ1n) is 7.46. The van der Waals surface area contributed by atoms with Crippen LogP contribution in [0.2, 0.25) is 5.02 Å². The van der Waals surface area contributed by atoms with E-state index < -0.39 is 4.92 Å². The van der Waals surface area contributed by atoms with Crippen molar-refractivity contribution in [2.75, 3.05) is 25.0 Å². The third kappa shape index (κ3) is 3.78. The van der Waals surface area contributed by atoms with Gasteiger partial charge in [0.05, 0.1) is 4.92 Å². The van der Waals surface area contributed by atoms with Crippen molar-refractivity contribution in [3.8, 4) is 0 Å². The van der Waals surface area contributed by atoms with Crippen molar-refractivity contribution in [2.45, 2.75) is 13.0 Å². The Bertz CT molecular complexity index is 706. The smallest absolute Gasteiger partial charge is 0.287 e. The Morgan fingerprint density at radius 2 is 2.22 bits per heavy atom. The zero-order valence-corrected chi connectivity index (χ0v) is 13.3. The summed E-state index contributed by atoms with van der Waals surface area (Å²) in [5, 5.41) is 14.6. The highest BCUT2D eigenvalue weighted by molar-refractivity contribution is 6.31. The quantitative estimate of drug-likeness (QED) is 0.673. The summed E-state index contributed by atoms with van der Waals surface area (Å²) in [6, 6.07) is 9.14. The maximum atomic E-state index is 10.6. The minimum atomic E-state index is -0.451. The average Bonchev–Trinajstić information content (AvgIpc) is 2.55. The molecule has 1 aromatic heterocycles. The van der Waals surface area contributed by atoms with E-state index in [1.165, 1.54) is 23.4 Å². The average molecular weight is 333 g/mol. The third-order valence-corrected chi connectivity index (χ3v) is 4.33. The van der Waals surface area contributed by atoms with Gasteiger partial charge in [-0.3, -0.25) is 15.0 Å². The molecular weight excluding hydrogens is 316 g/mol. The fourth-order valence-corrected chi connectivity index (χ4v) is 3.04. The Morgan fingerprint density at radius 3 is 2.96 bits per heavy atom. The molecule has 1 N–H and O–H groups in total. The van der Waals surface area contributed by atoms with E-state index >= 15 is 0 Å². The number of aromatic nitrogens is 1. The Balaban J connectivity index is 1.51. The number of hydrogen-bond donors (Lipinski definition) is 1. The molecule has 3 rings (SSSR count). The first kappa shape index (κ1) is 15.7. The van der Waals surface area contributed by atoms with Gasteiger partial charge in [0.1, 0.15) is 12.0 Å². The normalized spacial score (nSPS) is 14.3. The summed E-state index contributed by atoms with van der Waals surface area (Å²) in [5.74, 6) is 0.649. The van der Waals surface area contributed by atoms with Crippen molar-refractivity contribution < 1.29 is 4.92 Å². The van der Waals surface area contributed by atoms with E-state index in [4.69, 9.17) is 11.6 Å². The number of nitrogens with zero attached hydrogens (tertiary/aromatic N) is 3. The minimum absolute atomic E-state index is 0.0000613. The molecule has 0 unspecified atom stereocenters. The molecule has 0 aliphatic carbocycles. The lowest BCUT2D eigenvalue weighted by Crippen LogP contribution is -2.34. The van der Waals surface area contributed by atoms with Crippen LogP contribution in [0.3, 0.4) is 0 Å². The number of rotatable bonds is 5. The van der Waals surface area contributed by atoms with Crippen LogP contribution in [0.15, 0.2) is 36.5 Å². The zero-order chi connectivity index (χ0) is 16.2. The number of hydrogen-bond acceptors (Lipinski definition) is 5. The topological polar surface area (TPSA) is 71.3 Å². The molecule has 0 saturated heterocycles. The van der Waals surface area contributed by atoms with Crippen LogP contribution in [0, 0.1) is 10.1 Å². The van der Waals surface area contributed by atoms with Crippen molar-refractivity contribution in [3.05, 3.63) is 62.8 Å². The van der Waals surface area contributed by atoms with E-state index in [1.54, 1.807) is 6.07 Å². The predicted octanol–water partition coefficient (Wildman–Crippen LogP) is 3.11. The van der Waals surface area contributed by atoms with Gasteiger partial charge < -0.3 is 5.32 Å². The number of pyridine rings is 1. The van der Waals surface area contributed by atoms with Crippen LogP contribution in [0.4, 0.5) is 11.5 Å². The fraction of sp³-hybridized carbons (Fsp3) is 0.312. The van der Waals surface area contributed by atoms with Crippen LogP contribution in [-0.4, -0.2) is 34.4 Å². The van der Waals surface area contributed by atoms with Crippen LogP contribution in [-0.2, 0) is 13.0 Å². The van der Waals surface area contributed by atoms with Crippen LogP contribution in [0.5, 0.6) is 0 Å². The van der Waals surface area contributed by atoms with Gasteiger partial charge in [0.15, 0.2) is 0 Å². The standard InChI is InChI=1S/C16H17ClN4O2/c17-15-3-1-2-12-11-20(8-6-14(12)15)9-7-18-16-5-4-13(10-19-16)21(22)23/h1-5,10H,6-9,11H2,(H,18,19). The number of nitro groups is 1. The number of halogens is 1. The van der Waals surface area contributed by atoms with E-state index in [1.807, 2.05) is 12.1 Å². The molecule has 120 valence electrons. The Morgan fingerprint density at radius 1 is 1.35 bits per heavy atom.